The highest BCUT2D eigenvalue weighted by molar-refractivity contribution is 5.87. The van der Waals surface area contributed by atoms with Crippen molar-refractivity contribution in [3.05, 3.63) is 72.9 Å². The van der Waals surface area contributed by atoms with Gasteiger partial charge in [0.1, 0.15) is 6.04 Å². The van der Waals surface area contributed by atoms with Gasteiger partial charge in [0.15, 0.2) is 0 Å². The van der Waals surface area contributed by atoms with E-state index >= 15 is 0 Å². The molecule has 0 bridgehead atoms. The molecular formula is C31H53N5O2. The molecule has 0 aliphatic heterocycles. The predicted molar refractivity (Wildman–Crippen MR) is 163 cm³/mol. The molecule has 0 spiro atoms. The van der Waals surface area contributed by atoms with Gasteiger partial charge >= 0.3 is 0 Å². The van der Waals surface area contributed by atoms with Gasteiger partial charge in [-0.05, 0) is 51.9 Å². The Hall–Kier alpha value is -2.74. The van der Waals surface area contributed by atoms with Crippen molar-refractivity contribution in [1.29, 1.82) is 0 Å². The maximum absolute atomic E-state index is 12.1. The lowest BCUT2D eigenvalue weighted by molar-refractivity contribution is -0.128. The summed E-state index contributed by atoms with van der Waals surface area (Å²) >= 11 is 0. The van der Waals surface area contributed by atoms with E-state index in [0.717, 1.165) is 58.2 Å². The maximum atomic E-state index is 12.1. The standard InChI is InChI=1S/C31H53N5O2/c1-3-4-5-6-7-8-9-10-11-12-13-14-15-16-17-18-19-20-21-22-30(37)36-29(2)31(38)35-28-27-34-26-25-33-24-23-32/h4-5,7-8,10-11,13-14,16-17,19-20,29,33-34H,3,6,9,12,15,18,21-28,32H2,1-2H3,(H,35,38)(H,36,37)/t29-/m0/s1. The van der Waals surface area contributed by atoms with E-state index in [9.17, 15) is 9.59 Å². The van der Waals surface area contributed by atoms with E-state index in [2.05, 4.69) is 95.0 Å². The van der Waals surface area contributed by atoms with E-state index in [-0.39, 0.29) is 11.8 Å². The molecule has 7 heteroatoms. The minimum Gasteiger partial charge on any atom is -0.353 e. The number of hydrogen-bond donors (Lipinski definition) is 5. The summed E-state index contributed by atoms with van der Waals surface area (Å²) in [7, 11) is 0. The highest BCUT2D eigenvalue weighted by Gasteiger charge is 2.14. The Morgan fingerprint density at radius 3 is 1.61 bits per heavy atom. The number of allylic oxidation sites excluding steroid dienone is 12. The van der Waals surface area contributed by atoms with Gasteiger partial charge < -0.3 is 27.0 Å². The summed E-state index contributed by atoms with van der Waals surface area (Å²) in [4.78, 5) is 24.1. The van der Waals surface area contributed by atoms with Gasteiger partial charge in [0.25, 0.3) is 0 Å². The smallest absolute Gasteiger partial charge is 0.242 e. The second-order valence-electron chi connectivity index (χ2n) is 8.82. The zero-order valence-electron chi connectivity index (χ0n) is 23.8. The molecule has 0 unspecified atom stereocenters. The Balaban J connectivity index is 3.72. The number of amides is 2. The quantitative estimate of drug-likeness (QED) is 0.0954. The van der Waals surface area contributed by atoms with E-state index < -0.39 is 6.04 Å². The Bertz CT molecular complexity index is 753. The zero-order valence-corrected chi connectivity index (χ0v) is 23.8. The van der Waals surface area contributed by atoms with E-state index in [0.29, 0.717) is 32.5 Å². The number of nitrogens with two attached hydrogens (primary N) is 1. The molecule has 0 rings (SSSR count). The number of nitrogens with one attached hydrogen (secondary N) is 4. The van der Waals surface area contributed by atoms with Gasteiger partial charge in [0, 0.05) is 45.7 Å². The summed E-state index contributed by atoms with van der Waals surface area (Å²) in [5.74, 6) is -0.286. The summed E-state index contributed by atoms with van der Waals surface area (Å²) in [5, 5.41) is 12.0. The van der Waals surface area contributed by atoms with Crippen molar-refractivity contribution in [2.45, 2.75) is 71.3 Å². The van der Waals surface area contributed by atoms with Crippen LogP contribution in [0.15, 0.2) is 72.9 Å². The van der Waals surface area contributed by atoms with Gasteiger partial charge in [-0.1, -0.05) is 79.8 Å². The van der Waals surface area contributed by atoms with Crippen LogP contribution in [0.5, 0.6) is 0 Å². The van der Waals surface area contributed by atoms with Crippen LogP contribution in [0.3, 0.4) is 0 Å². The first-order valence-electron chi connectivity index (χ1n) is 14.2. The van der Waals surface area contributed by atoms with Crippen LogP contribution in [0.1, 0.15) is 65.2 Å². The van der Waals surface area contributed by atoms with E-state index in [1.165, 1.54) is 0 Å². The van der Waals surface area contributed by atoms with Crippen LogP contribution < -0.4 is 27.0 Å². The minimum atomic E-state index is -0.543. The van der Waals surface area contributed by atoms with Crippen LogP contribution in [-0.4, -0.2) is 57.1 Å². The maximum Gasteiger partial charge on any atom is 0.242 e. The highest BCUT2D eigenvalue weighted by atomic mass is 16.2. The van der Waals surface area contributed by atoms with Crippen molar-refractivity contribution in [2.75, 3.05) is 39.3 Å². The molecule has 0 heterocycles. The van der Waals surface area contributed by atoms with Crippen molar-refractivity contribution >= 4 is 11.8 Å². The summed E-state index contributed by atoms with van der Waals surface area (Å²) in [6.07, 6.45) is 32.8. The fraction of sp³-hybridized carbons (Fsp3) is 0.548. The normalized spacial score (nSPS) is 13.2. The average molecular weight is 528 g/mol. The third-order valence-electron chi connectivity index (χ3n) is 5.31. The van der Waals surface area contributed by atoms with Crippen molar-refractivity contribution < 1.29 is 9.59 Å². The first-order valence-corrected chi connectivity index (χ1v) is 14.2. The summed E-state index contributed by atoms with van der Waals surface area (Å²) in [6, 6.07) is -0.543. The van der Waals surface area contributed by atoms with Crippen LogP contribution >= 0.6 is 0 Å². The molecule has 0 aromatic carbocycles. The van der Waals surface area contributed by atoms with Crippen LogP contribution in [0, 0.1) is 0 Å². The lowest BCUT2D eigenvalue weighted by Crippen LogP contribution is -2.46. The van der Waals surface area contributed by atoms with Gasteiger partial charge in [0.2, 0.25) is 11.8 Å². The van der Waals surface area contributed by atoms with Crippen LogP contribution in [0.25, 0.3) is 0 Å². The molecule has 0 aliphatic carbocycles. The topological polar surface area (TPSA) is 108 Å². The van der Waals surface area contributed by atoms with Crippen molar-refractivity contribution in [3.63, 3.8) is 0 Å². The second-order valence-corrected chi connectivity index (χ2v) is 8.82. The molecule has 214 valence electrons. The number of rotatable bonds is 24. The Labute approximate surface area is 231 Å². The largest absolute Gasteiger partial charge is 0.353 e. The fourth-order valence-corrected chi connectivity index (χ4v) is 3.19. The van der Waals surface area contributed by atoms with E-state index in [1.807, 2.05) is 6.08 Å². The van der Waals surface area contributed by atoms with Crippen molar-refractivity contribution in [1.82, 2.24) is 21.3 Å². The molecule has 0 aromatic rings. The third kappa shape index (κ3) is 26.3. The van der Waals surface area contributed by atoms with Crippen LogP contribution in [0.4, 0.5) is 0 Å². The Morgan fingerprint density at radius 1 is 0.658 bits per heavy atom. The van der Waals surface area contributed by atoms with Crippen molar-refractivity contribution in [3.8, 4) is 0 Å². The van der Waals surface area contributed by atoms with Crippen LogP contribution in [-0.2, 0) is 9.59 Å². The van der Waals surface area contributed by atoms with Crippen LogP contribution in [0.2, 0.25) is 0 Å². The molecule has 7 nitrogen and oxygen atoms in total. The molecular weight excluding hydrogens is 474 g/mol. The van der Waals surface area contributed by atoms with Gasteiger partial charge in [-0.25, -0.2) is 0 Å². The molecule has 1 atom stereocenters. The Morgan fingerprint density at radius 2 is 1.11 bits per heavy atom. The molecule has 0 saturated heterocycles. The number of carbonyl (C=O) groups is 2. The van der Waals surface area contributed by atoms with Gasteiger partial charge in [-0.15, -0.1) is 0 Å². The summed E-state index contributed by atoms with van der Waals surface area (Å²) in [5.41, 5.74) is 5.41. The molecule has 38 heavy (non-hydrogen) atoms. The van der Waals surface area contributed by atoms with E-state index in [4.69, 9.17) is 5.73 Å². The summed E-state index contributed by atoms with van der Waals surface area (Å²) in [6.45, 7) is 8.14. The first kappa shape index (κ1) is 35.3. The molecule has 0 fully saturated rings. The van der Waals surface area contributed by atoms with Crippen molar-refractivity contribution in [2.24, 2.45) is 5.73 Å². The zero-order chi connectivity index (χ0) is 27.9. The molecule has 0 saturated carbocycles. The lowest BCUT2D eigenvalue weighted by Gasteiger charge is -2.14. The SMILES string of the molecule is CCC=CCC=CCC=CCC=CCC=CCC=CCCC(=O)N[C@@H](C)C(=O)NCCNCCNCCN. The molecule has 0 radical (unpaired) electrons. The second kappa shape index (κ2) is 28.8. The predicted octanol–water partition coefficient (Wildman–Crippen LogP) is 4.22. The third-order valence-corrected chi connectivity index (χ3v) is 5.31. The van der Waals surface area contributed by atoms with E-state index in [1.54, 1.807) is 6.92 Å². The molecule has 2 amide bonds. The van der Waals surface area contributed by atoms with Gasteiger partial charge in [-0.3, -0.25) is 9.59 Å². The highest BCUT2D eigenvalue weighted by Crippen LogP contribution is 1.98. The van der Waals surface area contributed by atoms with Gasteiger partial charge in [0.05, 0.1) is 0 Å². The molecule has 0 aromatic heterocycles. The average Bonchev–Trinajstić information content (AvgIpc) is 2.91. The Kier molecular flexibility index (Phi) is 26.7. The lowest BCUT2D eigenvalue weighted by atomic mass is 10.2. The summed E-state index contributed by atoms with van der Waals surface area (Å²) < 4.78 is 0. The fourth-order valence-electron chi connectivity index (χ4n) is 3.19. The molecule has 0 aliphatic rings. The molecule has 6 N–H and O–H groups in total. The number of hydrogen-bond acceptors (Lipinski definition) is 5. The number of carbonyl (C=O) groups excluding carboxylic acids is 2. The monoisotopic (exact) mass is 527 g/mol. The minimum absolute atomic E-state index is 0.115. The first-order chi connectivity index (χ1) is 18.6. The van der Waals surface area contributed by atoms with Gasteiger partial charge in [-0.2, -0.15) is 0 Å².